The summed E-state index contributed by atoms with van der Waals surface area (Å²) in [6.45, 7) is 1.97. The first kappa shape index (κ1) is 73.0. The van der Waals surface area contributed by atoms with E-state index in [1.807, 2.05) is 0 Å². The van der Waals surface area contributed by atoms with E-state index < -0.39 is 69.5 Å². The topological polar surface area (TPSA) is 443 Å². The van der Waals surface area contributed by atoms with Gasteiger partial charge in [-0.15, -0.1) is 0 Å². The van der Waals surface area contributed by atoms with Gasteiger partial charge in [-0.2, -0.15) is 12.1 Å². The molecule has 20 nitrogen and oxygen atoms in total. The minimum Gasteiger partial charge on any atom is -0.693 e. The normalized spacial score (nSPS) is 20.0. The molecule has 0 radical (unpaired) electrons. The number of nitrogens with two attached hydrogens (primary N) is 5. The van der Waals surface area contributed by atoms with Crippen LogP contribution in [0.15, 0.2) is 0 Å². The van der Waals surface area contributed by atoms with E-state index in [1.165, 1.54) is 32.2 Å². The van der Waals surface area contributed by atoms with Crippen molar-refractivity contribution in [3.05, 3.63) is 36.1 Å². The molecule has 0 spiro atoms. The van der Waals surface area contributed by atoms with Gasteiger partial charge in [-0.3, -0.25) is 28.8 Å². The summed E-state index contributed by atoms with van der Waals surface area (Å²) in [5, 5.41) is 52.6. The van der Waals surface area contributed by atoms with E-state index in [9.17, 15) is 28.8 Å². The number of carbonyl (C=O) groups is 6. The molecule has 0 aromatic rings. The molecule has 1 aliphatic heterocycles. The Morgan fingerprint density at radius 3 is 0.981 bits per heavy atom. The minimum absolute atomic E-state index is 0. The van der Waals surface area contributed by atoms with Crippen LogP contribution in [0.2, 0.25) is 0 Å². The Kier molecular flexibility index (Phi) is 56.9. The van der Waals surface area contributed by atoms with Gasteiger partial charge in [0, 0.05) is 12.6 Å². The Bertz CT molecular complexity index is 878. The monoisotopic (exact) mass is 1520 g/mol. The summed E-state index contributed by atoms with van der Waals surface area (Å²) in [5.41, 5.74) is 17.1. The summed E-state index contributed by atoms with van der Waals surface area (Å²) < 4.78 is 0. The van der Waals surface area contributed by atoms with Gasteiger partial charge in [0.05, 0.1) is 0 Å². The molecular formula is C26H52Cl2N8O12Pt4+2. The molecule has 1 saturated heterocycles. The summed E-state index contributed by atoms with van der Waals surface area (Å²) in [7, 11) is 9.75. The van der Waals surface area contributed by atoms with Gasteiger partial charge in [0.25, 0.3) is 0 Å². The van der Waals surface area contributed by atoms with Crippen LogP contribution in [0.3, 0.4) is 0 Å². The third kappa shape index (κ3) is 29.2. The average molecular weight is 1520 g/mol. The van der Waals surface area contributed by atoms with Crippen LogP contribution in [0.25, 0.3) is 36.1 Å². The second kappa shape index (κ2) is 40.5. The largest absolute Gasteiger partial charge is 2.00 e. The van der Waals surface area contributed by atoms with Gasteiger partial charge in [-0.05, 0) is 57.9 Å². The first-order chi connectivity index (χ1) is 21.0. The van der Waals surface area contributed by atoms with E-state index >= 15 is 0 Å². The molecule has 0 aromatic heterocycles. The molecule has 0 aromatic carbocycles. The molecule has 4 aliphatic rings. The molecule has 52 heavy (non-hydrogen) atoms. The Balaban J connectivity index is -0.0000000607. The number of hydrogen-bond donors (Lipinski definition) is 8. The predicted molar refractivity (Wildman–Crippen MR) is 181 cm³/mol. The number of rotatable bonds is 7. The molecule has 0 unspecified atom stereocenters. The molecule has 0 bridgehead atoms. The summed E-state index contributed by atoms with van der Waals surface area (Å²) in [5.74, 6) is -7.44. The SMILES string of the molecule is NC[C@@H]1CCCN1.O=C(O)C1(C(=O)O)CCC1.O=C(O)C1(C(=O)O)CCC1.O=C(O)CC(=O)O.[Cl][Pt+2][Cl].[NH-][C@H]1CCCC[C@@H]1[NH-].[NH2-].[NH2-].[NH2-].[NH2-].[Pt+2].[Pt+2].[Pt+2]. The van der Waals surface area contributed by atoms with Crippen molar-refractivity contribution >= 4 is 54.7 Å². The van der Waals surface area contributed by atoms with Crippen molar-refractivity contribution in [2.24, 2.45) is 16.6 Å². The van der Waals surface area contributed by atoms with E-state index in [-0.39, 0.29) is 126 Å². The first-order valence-electron chi connectivity index (χ1n) is 14.0. The number of hydrogen-bond acceptors (Lipinski definition) is 8. The molecule has 3 atom stereocenters. The number of nitrogens with one attached hydrogen (secondary N) is 3. The van der Waals surface area contributed by atoms with Crippen LogP contribution in [-0.2, 0) is 108 Å². The van der Waals surface area contributed by atoms with Crippen molar-refractivity contribution in [3.8, 4) is 0 Å². The van der Waals surface area contributed by atoms with Crippen LogP contribution in [0.5, 0.6) is 0 Å². The van der Waals surface area contributed by atoms with Gasteiger partial charge in [-0.1, -0.05) is 25.7 Å². The van der Waals surface area contributed by atoms with Crippen molar-refractivity contribution < 1.29 is 139 Å². The molecular weight excluding hydrogens is 1470 g/mol. The third-order valence-corrected chi connectivity index (χ3v) is 7.57. The van der Waals surface area contributed by atoms with Crippen LogP contribution in [0, 0.1) is 10.8 Å². The standard InChI is InChI=1S/C6H12N2.2C6H8O4.C5H12N2.C3H4O4.2ClH.4H2N.4Pt/c7-5-3-1-2-4-6(5)8;2*7-4(8)6(5(9)10)2-1-3-6;6-4-5-2-1-3-7-5;4-2(5)1-3(6)7;;;;;;;;;;/h5-8H,1-4H2;2*1-3H2,(H,7,8)(H,9,10);5,7H,1-4,6H2;1H2,(H,4,5)(H,6,7);2*1H;4*1H2;;;;/q-2;;;;;;;4*-1;3*+2;+4/p-2/t5-,6-;;;5-;;;;;;;;;;;/m0..0.........../s1. The molecule has 1 heterocycles. The summed E-state index contributed by atoms with van der Waals surface area (Å²) in [4.78, 5) is 60.3. The Morgan fingerprint density at radius 2 is 0.904 bits per heavy atom. The Morgan fingerprint density at radius 1 is 0.615 bits per heavy atom. The van der Waals surface area contributed by atoms with Gasteiger partial charge in [-0.25, -0.2) is 0 Å². The quantitative estimate of drug-likeness (QED) is 0.126. The van der Waals surface area contributed by atoms with Gasteiger partial charge >= 0.3 is 134 Å². The minimum atomic E-state index is -1.44. The summed E-state index contributed by atoms with van der Waals surface area (Å²) in [6.07, 6.45) is 8.54. The van der Waals surface area contributed by atoms with Gasteiger partial charge < -0.3 is 77.8 Å². The fourth-order valence-electron chi connectivity index (χ4n) is 4.32. The zero-order valence-corrected chi connectivity index (χ0v) is 38.5. The van der Waals surface area contributed by atoms with Gasteiger partial charge in [0.1, 0.15) is 6.42 Å². The molecule has 3 aliphatic carbocycles. The molecule has 320 valence electrons. The molecule has 3 saturated carbocycles. The molecule has 26 heteroatoms. The van der Waals surface area contributed by atoms with E-state index in [0.717, 1.165) is 19.4 Å². The van der Waals surface area contributed by atoms with E-state index in [2.05, 4.69) is 5.32 Å². The summed E-state index contributed by atoms with van der Waals surface area (Å²) >= 11 is -0.472. The van der Waals surface area contributed by atoms with E-state index in [1.54, 1.807) is 0 Å². The second-order valence-electron chi connectivity index (χ2n) is 10.6. The number of carboxylic acid groups (broad SMARTS) is 6. The van der Waals surface area contributed by atoms with Crippen LogP contribution in [-0.4, -0.2) is 97.7 Å². The van der Waals surface area contributed by atoms with Crippen molar-refractivity contribution in [3.63, 3.8) is 0 Å². The van der Waals surface area contributed by atoms with Crippen LogP contribution in [0.4, 0.5) is 0 Å². The average Bonchev–Trinajstić information content (AvgIpc) is 3.39. The molecule has 4 fully saturated rings. The van der Waals surface area contributed by atoms with Crippen molar-refractivity contribution in [2.75, 3.05) is 13.1 Å². The number of halogens is 2. The van der Waals surface area contributed by atoms with Crippen molar-refractivity contribution in [1.82, 2.24) is 5.32 Å². The van der Waals surface area contributed by atoms with E-state index in [0.29, 0.717) is 18.9 Å². The van der Waals surface area contributed by atoms with Gasteiger partial charge in [0.2, 0.25) is 0 Å². The maximum Gasteiger partial charge on any atom is 2.00 e. The second-order valence-corrected chi connectivity index (χ2v) is 13.9. The molecule has 19 N–H and O–H groups in total. The Hall–Kier alpha value is -0.167. The predicted octanol–water partition coefficient (Wildman–Crippen LogP) is 6.53. The summed E-state index contributed by atoms with van der Waals surface area (Å²) in [6, 6.07) is 0.465. The number of aliphatic carboxylic acids is 6. The van der Waals surface area contributed by atoms with Gasteiger partial charge in [0.15, 0.2) is 10.8 Å². The maximum atomic E-state index is 10.4. The molecule has 0 amide bonds. The zero-order valence-electron chi connectivity index (χ0n) is 27.9. The Labute approximate surface area is 363 Å². The van der Waals surface area contributed by atoms with Crippen molar-refractivity contribution in [1.29, 1.82) is 0 Å². The smallest absolute Gasteiger partial charge is 0.693 e. The molecule has 4 rings (SSSR count). The first-order valence-corrected chi connectivity index (χ1v) is 19.7. The maximum absolute atomic E-state index is 10.4. The van der Waals surface area contributed by atoms with Crippen LogP contribution < -0.4 is 11.1 Å². The third-order valence-electron chi connectivity index (χ3n) is 7.57. The van der Waals surface area contributed by atoms with Crippen LogP contribution >= 0.6 is 18.8 Å². The van der Waals surface area contributed by atoms with Crippen molar-refractivity contribution in [2.45, 2.75) is 102 Å². The zero-order chi connectivity index (χ0) is 35.2. The van der Waals surface area contributed by atoms with Crippen LogP contribution in [0.1, 0.15) is 83.5 Å². The fraction of sp³-hybridized carbons (Fsp3) is 0.769. The number of carboxylic acids is 6. The van der Waals surface area contributed by atoms with E-state index in [4.69, 9.17) is 66.7 Å². The fourth-order valence-corrected chi connectivity index (χ4v) is 4.32.